The van der Waals surface area contributed by atoms with Crippen LogP contribution in [0.1, 0.15) is 0 Å². The fourth-order valence-electron chi connectivity index (χ4n) is 0.918. The van der Waals surface area contributed by atoms with Gasteiger partial charge < -0.3 is 10.6 Å². The van der Waals surface area contributed by atoms with Crippen LogP contribution >= 0.6 is 11.5 Å². The van der Waals surface area contributed by atoms with Gasteiger partial charge in [-0.05, 0) is 11.5 Å². The molecule has 1 heterocycles. The molecule has 0 radical (unpaired) electrons. The average Bonchev–Trinajstić information content (AvgIpc) is 2.28. The Morgan fingerprint density at radius 1 is 1.46 bits per heavy atom. The zero-order valence-corrected chi connectivity index (χ0v) is 9.24. The van der Waals surface area contributed by atoms with Crippen molar-refractivity contribution in [3.63, 3.8) is 0 Å². The van der Waals surface area contributed by atoms with Gasteiger partial charge in [0.2, 0.25) is 0 Å². The summed E-state index contributed by atoms with van der Waals surface area (Å²) in [5.74, 6) is 0.0798. The molecule has 7 heteroatoms. The van der Waals surface area contributed by atoms with Crippen molar-refractivity contribution in [2.45, 2.75) is 4.90 Å². The van der Waals surface area contributed by atoms with Crippen LogP contribution < -0.4 is 10.6 Å². The molecule has 2 N–H and O–H groups in total. The van der Waals surface area contributed by atoms with Gasteiger partial charge in [0, 0.05) is 20.4 Å². The number of rotatable bonds is 2. The Hall–Kier alpha value is -0.820. The van der Waals surface area contributed by atoms with Gasteiger partial charge in [-0.15, -0.1) is 0 Å². The maximum atomic E-state index is 11.3. The Balaban J connectivity index is 3.42. The number of hydrogen-bond acceptors (Lipinski definition) is 6. The van der Waals surface area contributed by atoms with Gasteiger partial charge in [-0.2, -0.15) is 4.37 Å². The van der Waals surface area contributed by atoms with E-state index >= 15 is 0 Å². The van der Waals surface area contributed by atoms with Crippen molar-refractivity contribution in [3.8, 4) is 0 Å². The monoisotopic (exact) mass is 221 g/mol. The third kappa shape index (κ3) is 1.92. The van der Waals surface area contributed by atoms with Gasteiger partial charge in [0.1, 0.15) is 9.90 Å². The van der Waals surface area contributed by atoms with E-state index in [0.717, 1.165) is 17.8 Å². The summed E-state index contributed by atoms with van der Waals surface area (Å²) in [4.78, 5) is 1.81. The van der Waals surface area contributed by atoms with Gasteiger partial charge in [0.15, 0.2) is 15.7 Å². The molecule has 5 nitrogen and oxygen atoms in total. The molecule has 0 atom stereocenters. The maximum Gasteiger partial charge on any atom is 0.182 e. The molecule has 0 bridgehead atoms. The van der Waals surface area contributed by atoms with Crippen molar-refractivity contribution in [1.29, 1.82) is 0 Å². The smallest absolute Gasteiger partial charge is 0.182 e. The topological polar surface area (TPSA) is 76.3 Å². The molecule has 0 fully saturated rings. The van der Waals surface area contributed by atoms with Crippen molar-refractivity contribution < 1.29 is 8.42 Å². The van der Waals surface area contributed by atoms with E-state index in [1.165, 1.54) is 0 Å². The van der Waals surface area contributed by atoms with E-state index in [2.05, 4.69) is 4.37 Å². The first-order chi connectivity index (χ1) is 5.84. The number of nitrogen functional groups attached to an aromatic ring is 1. The highest BCUT2D eigenvalue weighted by molar-refractivity contribution is 7.91. The lowest BCUT2D eigenvalue weighted by Gasteiger charge is -2.10. The lowest BCUT2D eigenvalue weighted by molar-refractivity contribution is 0.602. The van der Waals surface area contributed by atoms with Crippen LogP contribution in [-0.4, -0.2) is 33.1 Å². The van der Waals surface area contributed by atoms with Crippen molar-refractivity contribution in [2.75, 3.05) is 31.0 Å². The summed E-state index contributed by atoms with van der Waals surface area (Å²) >= 11 is 1.08. The molecule has 0 aliphatic carbocycles. The number of anilines is 2. The van der Waals surface area contributed by atoms with Gasteiger partial charge in [0.25, 0.3) is 0 Å². The summed E-state index contributed by atoms with van der Waals surface area (Å²) in [7, 11) is 0.219. The summed E-state index contributed by atoms with van der Waals surface area (Å²) in [5.41, 5.74) is 5.46. The Labute approximate surface area is 81.3 Å². The SMILES string of the molecule is CN(C)c1snc(N)c1S(C)(=O)=O. The third-order valence-corrected chi connectivity index (χ3v) is 3.74. The standard InChI is InChI=1S/C6H11N3O2S2/c1-9(2)6-4(13(3,10)11)5(7)8-12-6/h1-3H3,(H2,7,8). The van der Waals surface area contributed by atoms with Crippen LogP contribution in [0.4, 0.5) is 10.8 Å². The first kappa shape index (κ1) is 10.3. The summed E-state index contributed by atoms with van der Waals surface area (Å²) in [6.45, 7) is 0. The molecule has 0 aliphatic rings. The van der Waals surface area contributed by atoms with E-state index in [0.29, 0.717) is 5.00 Å². The number of nitrogens with two attached hydrogens (primary N) is 1. The van der Waals surface area contributed by atoms with E-state index in [9.17, 15) is 8.42 Å². The minimum absolute atomic E-state index is 0.0798. The highest BCUT2D eigenvalue weighted by Crippen LogP contribution is 2.32. The van der Waals surface area contributed by atoms with Crippen molar-refractivity contribution in [3.05, 3.63) is 0 Å². The molecule has 0 aliphatic heterocycles. The lowest BCUT2D eigenvalue weighted by Crippen LogP contribution is -2.11. The van der Waals surface area contributed by atoms with Crippen LogP contribution in [0.3, 0.4) is 0 Å². The van der Waals surface area contributed by atoms with Crippen molar-refractivity contribution in [2.24, 2.45) is 0 Å². The minimum Gasteiger partial charge on any atom is -0.382 e. The summed E-state index contributed by atoms with van der Waals surface area (Å²) < 4.78 is 26.4. The first-order valence-electron chi connectivity index (χ1n) is 3.46. The highest BCUT2D eigenvalue weighted by Gasteiger charge is 2.22. The molecule has 0 unspecified atom stereocenters. The quantitative estimate of drug-likeness (QED) is 0.771. The third-order valence-electron chi connectivity index (χ3n) is 1.43. The Bertz CT molecular complexity index is 408. The fourth-order valence-corrected chi connectivity index (χ4v) is 3.09. The molecule has 0 amide bonds. The van der Waals surface area contributed by atoms with Crippen LogP contribution in [0.15, 0.2) is 4.90 Å². The van der Waals surface area contributed by atoms with Gasteiger partial charge in [-0.3, -0.25) is 0 Å². The molecular weight excluding hydrogens is 210 g/mol. The molecule has 1 aromatic heterocycles. The minimum atomic E-state index is -3.28. The van der Waals surface area contributed by atoms with Gasteiger partial charge in [-0.1, -0.05) is 0 Å². The molecule has 13 heavy (non-hydrogen) atoms. The van der Waals surface area contributed by atoms with Crippen LogP contribution in [-0.2, 0) is 9.84 Å². The molecule has 0 saturated carbocycles. The average molecular weight is 221 g/mol. The summed E-state index contributed by atoms with van der Waals surface area (Å²) in [6.07, 6.45) is 1.13. The number of nitrogens with zero attached hydrogens (tertiary/aromatic N) is 2. The lowest BCUT2D eigenvalue weighted by atomic mass is 10.6. The Morgan fingerprint density at radius 3 is 2.31 bits per heavy atom. The van der Waals surface area contributed by atoms with Gasteiger partial charge in [-0.25, -0.2) is 8.42 Å². The summed E-state index contributed by atoms with van der Waals surface area (Å²) in [5, 5.41) is 0.569. The van der Waals surface area contributed by atoms with E-state index in [1.54, 1.807) is 19.0 Å². The number of sulfone groups is 1. The van der Waals surface area contributed by atoms with Crippen molar-refractivity contribution >= 4 is 32.2 Å². The van der Waals surface area contributed by atoms with Gasteiger partial charge >= 0.3 is 0 Å². The highest BCUT2D eigenvalue weighted by atomic mass is 32.2. The van der Waals surface area contributed by atoms with Crippen LogP contribution in [0, 0.1) is 0 Å². The van der Waals surface area contributed by atoms with E-state index in [1.807, 2.05) is 0 Å². The van der Waals surface area contributed by atoms with Crippen molar-refractivity contribution in [1.82, 2.24) is 4.37 Å². The molecule has 0 spiro atoms. The van der Waals surface area contributed by atoms with Crippen LogP contribution in [0.25, 0.3) is 0 Å². The summed E-state index contributed by atoms with van der Waals surface area (Å²) in [6, 6.07) is 0. The van der Waals surface area contributed by atoms with Crippen LogP contribution in [0.5, 0.6) is 0 Å². The Morgan fingerprint density at radius 2 is 2.00 bits per heavy atom. The molecule has 0 aromatic carbocycles. The second kappa shape index (κ2) is 3.15. The fraction of sp³-hybridized carbons (Fsp3) is 0.500. The van der Waals surface area contributed by atoms with E-state index in [4.69, 9.17) is 5.73 Å². The largest absolute Gasteiger partial charge is 0.382 e. The first-order valence-corrected chi connectivity index (χ1v) is 6.13. The predicted molar refractivity (Wildman–Crippen MR) is 54.0 cm³/mol. The van der Waals surface area contributed by atoms with E-state index < -0.39 is 9.84 Å². The molecule has 1 aromatic rings. The van der Waals surface area contributed by atoms with Crippen LogP contribution in [0.2, 0.25) is 0 Å². The molecule has 1 rings (SSSR count). The maximum absolute atomic E-state index is 11.3. The zero-order chi connectivity index (χ0) is 10.2. The number of hydrogen-bond donors (Lipinski definition) is 1. The van der Waals surface area contributed by atoms with E-state index in [-0.39, 0.29) is 10.7 Å². The molecule has 74 valence electrons. The number of aromatic nitrogens is 1. The normalized spacial score (nSPS) is 11.6. The van der Waals surface area contributed by atoms with Gasteiger partial charge in [0.05, 0.1) is 0 Å². The predicted octanol–water partition coefficient (Wildman–Crippen LogP) is 0.195. The molecule has 0 saturated heterocycles. The zero-order valence-electron chi connectivity index (χ0n) is 7.60. The second-order valence-corrected chi connectivity index (χ2v) is 5.57. The second-order valence-electron chi connectivity index (χ2n) is 2.87. The Kier molecular flexibility index (Phi) is 2.49. The molecular formula is C6H11N3O2S2.